The summed E-state index contributed by atoms with van der Waals surface area (Å²) in [4.78, 5) is 24.8. The van der Waals surface area contributed by atoms with Crippen LogP contribution in [0.15, 0.2) is 0 Å². The summed E-state index contributed by atoms with van der Waals surface area (Å²) >= 11 is 0. The van der Waals surface area contributed by atoms with Gasteiger partial charge >= 0.3 is 6.03 Å². The highest BCUT2D eigenvalue weighted by atomic mass is 16.2. The first kappa shape index (κ1) is 13.4. The summed E-state index contributed by atoms with van der Waals surface area (Å²) in [6.45, 7) is 5.56. The van der Waals surface area contributed by atoms with Crippen LogP contribution in [-0.4, -0.2) is 29.9 Å². The van der Waals surface area contributed by atoms with Gasteiger partial charge in [-0.1, -0.05) is 39.5 Å². The van der Waals surface area contributed by atoms with Crippen molar-refractivity contribution in [1.82, 2.24) is 10.2 Å². The first-order valence-electron chi connectivity index (χ1n) is 7.16. The Morgan fingerprint density at radius 1 is 1.17 bits per heavy atom. The molecule has 1 atom stereocenters. The number of imide groups is 1. The fourth-order valence-corrected chi connectivity index (χ4v) is 2.95. The Bertz CT molecular complexity index is 322. The minimum atomic E-state index is -0.206. The first-order chi connectivity index (χ1) is 8.56. The molecule has 0 spiro atoms. The Hall–Kier alpha value is -1.06. The van der Waals surface area contributed by atoms with Crippen LogP contribution in [0.2, 0.25) is 0 Å². The maximum atomic E-state index is 11.7. The highest BCUT2D eigenvalue weighted by molar-refractivity contribution is 5.97. The molecule has 2 fully saturated rings. The summed E-state index contributed by atoms with van der Waals surface area (Å²) in [6, 6.07) is -0.206. The molecule has 4 heteroatoms. The largest absolute Gasteiger partial charge is 0.324 e. The Kier molecular flexibility index (Phi) is 4.25. The second-order valence-corrected chi connectivity index (χ2v) is 6.06. The van der Waals surface area contributed by atoms with E-state index >= 15 is 0 Å². The molecule has 2 aliphatic rings. The van der Waals surface area contributed by atoms with Gasteiger partial charge in [-0.2, -0.15) is 0 Å². The normalized spacial score (nSPS) is 33.4. The molecular weight excluding hydrogens is 228 g/mol. The SMILES string of the molecule is CC1CCC(CCN2CC(C)C(=O)NC2=O)CC1. The van der Waals surface area contributed by atoms with E-state index in [9.17, 15) is 9.59 Å². The van der Waals surface area contributed by atoms with Gasteiger partial charge < -0.3 is 4.90 Å². The van der Waals surface area contributed by atoms with E-state index in [0.29, 0.717) is 6.54 Å². The molecule has 1 heterocycles. The lowest BCUT2D eigenvalue weighted by Crippen LogP contribution is -2.54. The van der Waals surface area contributed by atoms with Gasteiger partial charge in [0.1, 0.15) is 0 Å². The van der Waals surface area contributed by atoms with Gasteiger partial charge in [0.05, 0.1) is 5.92 Å². The molecular formula is C14H24N2O2. The molecule has 102 valence electrons. The number of urea groups is 1. The number of hydrogen-bond donors (Lipinski definition) is 1. The van der Waals surface area contributed by atoms with Gasteiger partial charge in [-0.05, 0) is 18.3 Å². The van der Waals surface area contributed by atoms with E-state index in [2.05, 4.69) is 12.2 Å². The van der Waals surface area contributed by atoms with Gasteiger partial charge in [0.25, 0.3) is 0 Å². The number of amides is 3. The minimum absolute atomic E-state index is 0.0749. The third-order valence-electron chi connectivity index (χ3n) is 4.40. The van der Waals surface area contributed by atoms with Crippen molar-refractivity contribution in [2.24, 2.45) is 17.8 Å². The lowest BCUT2D eigenvalue weighted by Gasteiger charge is -2.33. The van der Waals surface area contributed by atoms with Gasteiger partial charge in [0.2, 0.25) is 5.91 Å². The summed E-state index contributed by atoms with van der Waals surface area (Å²) in [5.74, 6) is 1.43. The van der Waals surface area contributed by atoms with Crippen LogP contribution in [0.25, 0.3) is 0 Å². The minimum Gasteiger partial charge on any atom is -0.324 e. The molecule has 1 N–H and O–H groups in total. The van der Waals surface area contributed by atoms with Crippen molar-refractivity contribution in [2.75, 3.05) is 13.1 Å². The number of nitrogens with one attached hydrogen (secondary N) is 1. The highest BCUT2D eigenvalue weighted by Crippen LogP contribution is 2.30. The predicted molar refractivity (Wildman–Crippen MR) is 70.0 cm³/mol. The van der Waals surface area contributed by atoms with E-state index in [1.54, 1.807) is 4.90 Å². The standard InChI is InChI=1S/C14H24N2O2/c1-10-3-5-12(6-4-10)7-8-16-9-11(2)13(17)15-14(16)18/h10-12H,3-9H2,1-2H3,(H,15,17,18). The van der Waals surface area contributed by atoms with Crippen molar-refractivity contribution in [3.8, 4) is 0 Å². The van der Waals surface area contributed by atoms with Crippen molar-refractivity contribution in [3.05, 3.63) is 0 Å². The summed E-state index contributed by atoms with van der Waals surface area (Å²) in [5, 5.41) is 2.42. The quantitative estimate of drug-likeness (QED) is 0.838. The summed E-state index contributed by atoms with van der Waals surface area (Å²) in [7, 11) is 0. The van der Waals surface area contributed by atoms with Gasteiger partial charge in [-0.15, -0.1) is 0 Å². The average Bonchev–Trinajstić information content (AvgIpc) is 2.34. The molecule has 1 saturated heterocycles. The van der Waals surface area contributed by atoms with Crippen LogP contribution in [-0.2, 0) is 4.79 Å². The Balaban J connectivity index is 1.76. The molecule has 0 aromatic carbocycles. The van der Waals surface area contributed by atoms with Crippen molar-refractivity contribution in [3.63, 3.8) is 0 Å². The van der Waals surface area contributed by atoms with Crippen LogP contribution < -0.4 is 5.32 Å². The zero-order chi connectivity index (χ0) is 13.1. The van der Waals surface area contributed by atoms with E-state index in [1.807, 2.05) is 6.92 Å². The molecule has 1 aliphatic heterocycles. The van der Waals surface area contributed by atoms with Crippen LogP contribution in [0.4, 0.5) is 4.79 Å². The lowest BCUT2D eigenvalue weighted by molar-refractivity contribution is -0.125. The summed E-state index contributed by atoms with van der Waals surface area (Å²) in [6.07, 6.45) is 6.33. The predicted octanol–water partition coefficient (Wildman–Crippen LogP) is 2.39. The molecule has 0 aromatic rings. The zero-order valence-electron chi connectivity index (χ0n) is 11.4. The number of carbonyl (C=O) groups excluding carboxylic acids is 2. The molecule has 3 amide bonds. The van der Waals surface area contributed by atoms with Crippen molar-refractivity contribution in [1.29, 1.82) is 0 Å². The van der Waals surface area contributed by atoms with Gasteiger partial charge in [-0.25, -0.2) is 4.79 Å². The Labute approximate surface area is 109 Å². The summed E-state index contributed by atoms with van der Waals surface area (Å²) < 4.78 is 0. The van der Waals surface area contributed by atoms with Crippen LogP contribution in [0.3, 0.4) is 0 Å². The highest BCUT2D eigenvalue weighted by Gasteiger charge is 2.29. The van der Waals surface area contributed by atoms with Crippen LogP contribution >= 0.6 is 0 Å². The van der Waals surface area contributed by atoms with E-state index in [0.717, 1.165) is 24.8 Å². The third-order valence-corrected chi connectivity index (χ3v) is 4.40. The molecule has 0 bridgehead atoms. The maximum Gasteiger partial charge on any atom is 0.324 e. The van der Waals surface area contributed by atoms with Crippen molar-refractivity contribution < 1.29 is 9.59 Å². The van der Waals surface area contributed by atoms with Gasteiger partial charge in [0, 0.05) is 13.1 Å². The number of hydrogen-bond acceptors (Lipinski definition) is 2. The number of nitrogens with zero attached hydrogens (tertiary/aromatic N) is 1. The van der Waals surface area contributed by atoms with Gasteiger partial charge in [0.15, 0.2) is 0 Å². The zero-order valence-corrected chi connectivity index (χ0v) is 11.4. The molecule has 1 aliphatic carbocycles. The van der Waals surface area contributed by atoms with E-state index < -0.39 is 0 Å². The fraction of sp³-hybridized carbons (Fsp3) is 0.857. The molecule has 2 rings (SSSR count). The second-order valence-electron chi connectivity index (χ2n) is 6.06. The number of rotatable bonds is 3. The fourth-order valence-electron chi connectivity index (χ4n) is 2.95. The summed E-state index contributed by atoms with van der Waals surface area (Å²) in [5.41, 5.74) is 0. The Morgan fingerprint density at radius 2 is 1.83 bits per heavy atom. The average molecular weight is 252 g/mol. The topological polar surface area (TPSA) is 49.4 Å². The van der Waals surface area contributed by atoms with E-state index in [-0.39, 0.29) is 17.9 Å². The first-order valence-corrected chi connectivity index (χ1v) is 7.16. The van der Waals surface area contributed by atoms with Crippen molar-refractivity contribution in [2.45, 2.75) is 46.0 Å². The number of carbonyl (C=O) groups is 2. The van der Waals surface area contributed by atoms with Crippen molar-refractivity contribution >= 4 is 11.9 Å². The molecule has 18 heavy (non-hydrogen) atoms. The maximum absolute atomic E-state index is 11.7. The smallest absolute Gasteiger partial charge is 0.324 e. The second kappa shape index (κ2) is 5.72. The molecule has 0 aromatic heterocycles. The molecule has 1 unspecified atom stereocenters. The van der Waals surface area contributed by atoms with Gasteiger partial charge in [-0.3, -0.25) is 10.1 Å². The Morgan fingerprint density at radius 3 is 2.50 bits per heavy atom. The van der Waals surface area contributed by atoms with Crippen LogP contribution in [0.5, 0.6) is 0 Å². The van der Waals surface area contributed by atoms with Crippen LogP contribution in [0, 0.1) is 17.8 Å². The molecule has 4 nitrogen and oxygen atoms in total. The van der Waals surface area contributed by atoms with Crippen LogP contribution in [0.1, 0.15) is 46.0 Å². The molecule has 1 saturated carbocycles. The monoisotopic (exact) mass is 252 g/mol. The molecule has 0 radical (unpaired) electrons. The third kappa shape index (κ3) is 3.24. The van der Waals surface area contributed by atoms with E-state index in [1.165, 1.54) is 25.7 Å². The van der Waals surface area contributed by atoms with E-state index in [4.69, 9.17) is 0 Å². The lowest BCUT2D eigenvalue weighted by atomic mass is 9.81.